The van der Waals surface area contributed by atoms with Gasteiger partial charge >= 0.3 is 6.18 Å². The van der Waals surface area contributed by atoms with E-state index in [1.54, 1.807) is 6.07 Å². The first-order valence-corrected chi connectivity index (χ1v) is 17.7. The van der Waals surface area contributed by atoms with Crippen LogP contribution in [-0.2, 0) is 12.6 Å². The zero-order valence-corrected chi connectivity index (χ0v) is 28.8. The topological polar surface area (TPSA) is 94.1 Å². The van der Waals surface area contributed by atoms with E-state index >= 15 is 0 Å². The summed E-state index contributed by atoms with van der Waals surface area (Å²) in [5.41, 5.74) is 0.570. The van der Waals surface area contributed by atoms with Crippen molar-refractivity contribution in [1.29, 1.82) is 0 Å². The number of carbonyl (C=O) groups excluding carboxylic acids is 1. The summed E-state index contributed by atoms with van der Waals surface area (Å²) in [5.74, 6) is -0.628. The van der Waals surface area contributed by atoms with Crippen LogP contribution in [0, 0.1) is 5.41 Å². The number of furan rings is 1. The molecule has 1 saturated carbocycles. The Balaban J connectivity index is 1.42. The molecule has 0 spiro atoms. The van der Waals surface area contributed by atoms with E-state index in [1.807, 2.05) is 12.1 Å². The van der Waals surface area contributed by atoms with Crippen LogP contribution in [0.15, 0.2) is 64.6 Å². The molecule has 7 rings (SSSR count). The molecule has 10 heteroatoms. The van der Waals surface area contributed by atoms with Gasteiger partial charge in [-0.2, -0.15) is 13.2 Å². The highest BCUT2D eigenvalue weighted by Gasteiger charge is 2.57. The standard InChI is InChI=1S/C39H45ClF3NO5/c1-24-5-3-16-37(2)32(15-17-38(37,48)23-44-18-4-6-27(44)22-45)29-11-8-25(19-28(46)10-7-24)20-30(29)36(47)35-14-13-34(49-35)31-21-26(39(41,42)43)9-12-33(31)40/h5,8-9,11-14,20-21,27-28,32,45-46,48H,3-4,6-7,10,15-19,22-23H2,1-2H3. The number of fused-ring (bicyclic) bond motifs is 8. The van der Waals surface area contributed by atoms with Gasteiger partial charge in [-0.1, -0.05) is 42.3 Å². The van der Waals surface area contributed by atoms with Crippen LogP contribution >= 0.6 is 11.6 Å². The maximum absolute atomic E-state index is 14.4. The molecular formula is C39H45ClF3NO5. The lowest BCUT2D eigenvalue weighted by atomic mass is 9.64. The summed E-state index contributed by atoms with van der Waals surface area (Å²) in [7, 11) is 0. The van der Waals surface area contributed by atoms with E-state index < -0.39 is 34.6 Å². The maximum Gasteiger partial charge on any atom is 0.416 e. The van der Waals surface area contributed by atoms with Crippen molar-refractivity contribution in [2.24, 2.45) is 5.41 Å². The summed E-state index contributed by atoms with van der Waals surface area (Å²) in [6.07, 6.45) is 3.05. The summed E-state index contributed by atoms with van der Waals surface area (Å²) in [4.78, 5) is 16.6. The Bertz CT molecular complexity index is 1720. The second-order valence-corrected chi connectivity index (χ2v) is 15.0. The number of aliphatic hydroxyl groups excluding tert-OH is 2. The van der Waals surface area contributed by atoms with Gasteiger partial charge in [-0.05, 0) is 125 Å². The quantitative estimate of drug-likeness (QED) is 0.177. The molecule has 0 radical (unpaired) electrons. The number of halogens is 4. The highest BCUT2D eigenvalue weighted by Crippen LogP contribution is 2.59. The van der Waals surface area contributed by atoms with Gasteiger partial charge in [0.05, 0.1) is 28.9 Å². The molecule has 2 aromatic carbocycles. The molecule has 1 aromatic heterocycles. The Labute approximate surface area is 290 Å². The van der Waals surface area contributed by atoms with Gasteiger partial charge in [0.15, 0.2) is 5.76 Å². The van der Waals surface area contributed by atoms with E-state index in [9.17, 15) is 33.3 Å². The predicted molar refractivity (Wildman–Crippen MR) is 183 cm³/mol. The number of allylic oxidation sites excluding steroid dienone is 2. The third-order valence-electron chi connectivity index (χ3n) is 11.5. The largest absolute Gasteiger partial charge is 0.453 e. The Kier molecular flexibility index (Phi) is 10.2. The number of benzene rings is 2. The van der Waals surface area contributed by atoms with E-state index in [1.165, 1.54) is 17.7 Å². The fourth-order valence-corrected chi connectivity index (χ4v) is 8.68. The lowest BCUT2D eigenvalue weighted by molar-refractivity contribution is -0.137. The molecule has 3 aliphatic carbocycles. The summed E-state index contributed by atoms with van der Waals surface area (Å²) >= 11 is 6.29. The number of rotatable bonds is 6. The molecule has 3 N–H and O–H groups in total. The van der Waals surface area contributed by atoms with Crippen LogP contribution in [0.5, 0.6) is 0 Å². The van der Waals surface area contributed by atoms with E-state index in [4.69, 9.17) is 16.0 Å². The number of nitrogens with zero attached hydrogens (tertiary/aromatic N) is 1. The van der Waals surface area contributed by atoms with Crippen molar-refractivity contribution in [1.82, 2.24) is 4.90 Å². The van der Waals surface area contributed by atoms with Gasteiger partial charge in [-0.3, -0.25) is 9.69 Å². The van der Waals surface area contributed by atoms with Gasteiger partial charge < -0.3 is 19.7 Å². The van der Waals surface area contributed by atoms with Crippen LogP contribution in [0.4, 0.5) is 13.2 Å². The van der Waals surface area contributed by atoms with Gasteiger partial charge in [-0.25, -0.2) is 0 Å². The Morgan fingerprint density at radius 1 is 1.08 bits per heavy atom. The lowest BCUT2D eigenvalue weighted by Gasteiger charge is -2.46. The van der Waals surface area contributed by atoms with Crippen LogP contribution in [0.25, 0.3) is 11.3 Å². The number of carbonyl (C=O) groups is 1. The van der Waals surface area contributed by atoms with Gasteiger partial charge in [0, 0.05) is 29.1 Å². The number of likely N-dealkylation sites (tertiary alicyclic amines) is 1. The number of hydrogen-bond donors (Lipinski definition) is 3. The zero-order chi connectivity index (χ0) is 35.1. The monoisotopic (exact) mass is 699 g/mol. The van der Waals surface area contributed by atoms with Crippen molar-refractivity contribution in [3.05, 3.63) is 93.2 Å². The molecule has 264 valence electrons. The van der Waals surface area contributed by atoms with Crippen molar-refractivity contribution in [2.75, 3.05) is 19.7 Å². The number of ketones is 1. The minimum Gasteiger partial charge on any atom is -0.453 e. The SMILES string of the molecule is CC1=CCCC2(C)C(CCC2(O)CN2CCCC2CO)c2ccc(cc2C(=O)c2ccc(-c3cc(C(F)(F)F)ccc3Cl)o2)CC(O)CC1. The maximum atomic E-state index is 14.4. The molecule has 3 aromatic rings. The van der Waals surface area contributed by atoms with E-state index in [2.05, 4.69) is 24.8 Å². The fraction of sp³-hybridized carbons (Fsp3) is 0.513. The van der Waals surface area contributed by atoms with Crippen LogP contribution in [0.1, 0.15) is 104 Å². The normalized spacial score (nSPS) is 28.3. The van der Waals surface area contributed by atoms with Crippen molar-refractivity contribution >= 4 is 17.4 Å². The van der Waals surface area contributed by atoms with Gasteiger partial charge in [-0.15, -0.1) is 0 Å². The molecule has 4 aliphatic rings. The highest BCUT2D eigenvalue weighted by atomic mass is 35.5. The lowest BCUT2D eigenvalue weighted by Crippen LogP contribution is -2.53. The van der Waals surface area contributed by atoms with Crippen molar-refractivity contribution in [3.8, 4) is 11.3 Å². The average molecular weight is 700 g/mol. The van der Waals surface area contributed by atoms with Crippen molar-refractivity contribution in [3.63, 3.8) is 0 Å². The third kappa shape index (κ3) is 7.15. The molecule has 6 nitrogen and oxygen atoms in total. The minimum absolute atomic E-state index is 0.00801. The molecule has 1 saturated heterocycles. The minimum atomic E-state index is -4.58. The second kappa shape index (κ2) is 14.0. The molecule has 2 heterocycles. The van der Waals surface area contributed by atoms with E-state index in [0.717, 1.165) is 61.6 Å². The Morgan fingerprint density at radius 3 is 2.63 bits per heavy atom. The number of aliphatic hydroxyl groups is 3. The van der Waals surface area contributed by atoms with Crippen LogP contribution in [-0.4, -0.2) is 63.4 Å². The first-order chi connectivity index (χ1) is 23.2. The average Bonchev–Trinajstić information content (AvgIpc) is 3.78. The third-order valence-corrected chi connectivity index (χ3v) is 11.8. The van der Waals surface area contributed by atoms with Crippen molar-refractivity contribution < 1.29 is 37.7 Å². The molecule has 5 unspecified atom stereocenters. The fourth-order valence-electron chi connectivity index (χ4n) is 8.47. The summed E-state index contributed by atoms with van der Waals surface area (Å²) in [5, 5.41) is 33.6. The summed E-state index contributed by atoms with van der Waals surface area (Å²) in [6.45, 7) is 5.48. The van der Waals surface area contributed by atoms with Gasteiger partial charge in [0.25, 0.3) is 0 Å². The molecule has 1 aliphatic heterocycles. The van der Waals surface area contributed by atoms with Crippen LogP contribution in [0.3, 0.4) is 0 Å². The summed E-state index contributed by atoms with van der Waals surface area (Å²) < 4.78 is 46.5. The zero-order valence-electron chi connectivity index (χ0n) is 28.0. The molecular weight excluding hydrogens is 655 g/mol. The number of β-amino-alcohol motifs (C(OH)–C–C–N with tert-alkyl or cyclic N) is 1. The first kappa shape index (κ1) is 35.9. The Morgan fingerprint density at radius 2 is 1.88 bits per heavy atom. The van der Waals surface area contributed by atoms with E-state index in [0.29, 0.717) is 44.2 Å². The molecule has 2 bridgehead atoms. The van der Waals surface area contributed by atoms with Gasteiger partial charge in [0.2, 0.25) is 5.78 Å². The smallest absolute Gasteiger partial charge is 0.416 e. The first-order valence-electron chi connectivity index (χ1n) is 17.3. The van der Waals surface area contributed by atoms with Crippen LogP contribution < -0.4 is 0 Å². The predicted octanol–water partition coefficient (Wildman–Crippen LogP) is 8.35. The molecule has 0 amide bonds. The molecule has 2 fully saturated rings. The van der Waals surface area contributed by atoms with Crippen LogP contribution in [0.2, 0.25) is 5.02 Å². The second-order valence-electron chi connectivity index (χ2n) is 14.6. The Hall–Kier alpha value is -2.95. The number of alkyl halides is 3. The number of hydrogen-bond acceptors (Lipinski definition) is 6. The van der Waals surface area contributed by atoms with Gasteiger partial charge in [0.1, 0.15) is 5.76 Å². The van der Waals surface area contributed by atoms with Crippen molar-refractivity contribution in [2.45, 2.75) is 101 Å². The summed E-state index contributed by atoms with van der Waals surface area (Å²) in [6, 6.07) is 11.6. The van der Waals surface area contributed by atoms with E-state index in [-0.39, 0.29) is 40.7 Å². The molecule has 5 atom stereocenters. The molecule has 49 heavy (non-hydrogen) atoms. The highest BCUT2D eigenvalue weighted by molar-refractivity contribution is 6.33.